The Morgan fingerprint density at radius 2 is 1.65 bits per heavy atom. The minimum Gasteiger partial charge on any atom is -0.300 e. The maximum absolute atomic E-state index is 2.79. The first kappa shape index (κ1) is 15.0. The van der Waals surface area contributed by atoms with Crippen LogP contribution in [-0.2, 0) is 0 Å². The van der Waals surface area contributed by atoms with Crippen LogP contribution in [0.1, 0.15) is 79.1 Å². The highest BCUT2D eigenvalue weighted by Gasteiger charge is 2.33. The monoisotopic (exact) mass is 239 g/mol. The summed E-state index contributed by atoms with van der Waals surface area (Å²) in [5, 5.41) is 0. The van der Waals surface area contributed by atoms with Gasteiger partial charge in [0.2, 0.25) is 0 Å². The quantitative estimate of drug-likeness (QED) is 0.613. The number of hydrogen-bond donors (Lipinski definition) is 0. The largest absolute Gasteiger partial charge is 0.300 e. The van der Waals surface area contributed by atoms with Crippen molar-refractivity contribution < 1.29 is 0 Å². The van der Waals surface area contributed by atoms with Gasteiger partial charge in [-0.2, -0.15) is 0 Å². The first-order valence-corrected chi connectivity index (χ1v) is 7.86. The summed E-state index contributed by atoms with van der Waals surface area (Å²) >= 11 is 0. The molecule has 0 saturated carbocycles. The minimum atomic E-state index is 0.503. The Morgan fingerprint density at radius 3 is 2.18 bits per heavy atom. The van der Waals surface area contributed by atoms with E-state index in [1.165, 1.54) is 64.5 Å². The van der Waals surface area contributed by atoms with Crippen LogP contribution in [0.15, 0.2) is 0 Å². The van der Waals surface area contributed by atoms with E-state index in [0.29, 0.717) is 5.41 Å². The molecule has 1 unspecified atom stereocenters. The Morgan fingerprint density at radius 1 is 1.00 bits per heavy atom. The molecule has 0 radical (unpaired) electrons. The molecule has 0 aliphatic carbocycles. The van der Waals surface area contributed by atoms with Crippen molar-refractivity contribution in [2.24, 2.45) is 5.41 Å². The Labute approximate surface area is 109 Å². The molecule has 1 nitrogen and oxygen atoms in total. The number of hydrogen-bond acceptors (Lipinski definition) is 1. The van der Waals surface area contributed by atoms with E-state index in [1.807, 2.05) is 0 Å². The number of nitrogens with zero attached hydrogens (tertiary/aromatic N) is 1. The van der Waals surface area contributed by atoms with Gasteiger partial charge >= 0.3 is 0 Å². The van der Waals surface area contributed by atoms with E-state index in [2.05, 4.69) is 32.6 Å². The summed E-state index contributed by atoms with van der Waals surface area (Å²) in [6.07, 6.45) is 11.1. The molecule has 1 aliphatic rings. The number of unbranched alkanes of at least 4 members (excludes halogenated alkanes) is 1. The van der Waals surface area contributed by atoms with Gasteiger partial charge in [-0.3, -0.25) is 4.90 Å². The van der Waals surface area contributed by atoms with Gasteiger partial charge in [-0.15, -0.1) is 0 Å². The van der Waals surface area contributed by atoms with E-state index in [4.69, 9.17) is 0 Å². The predicted molar refractivity (Wildman–Crippen MR) is 77.4 cm³/mol. The van der Waals surface area contributed by atoms with E-state index < -0.39 is 0 Å². The van der Waals surface area contributed by atoms with Crippen molar-refractivity contribution in [2.45, 2.75) is 85.1 Å². The second kappa shape index (κ2) is 7.41. The van der Waals surface area contributed by atoms with Crippen LogP contribution in [0.3, 0.4) is 0 Å². The molecule has 0 bridgehead atoms. The summed E-state index contributed by atoms with van der Waals surface area (Å²) in [7, 11) is 0. The lowest BCUT2D eigenvalue weighted by Gasteiger charge is -2.44. The minimum absolute atomic E-state index is 0.503. The Bertz CT molecular complexity index is 192. The van der Waals surface area contributed by atoms with Crippen molar-refractivity contribution in [3.8, 4) is 0 Å². The van der Waals surface area contributed by atoms with E-state index in [1.54, 1.807) is 0 Å². The fourth-order valence-corrected chi connectivity index (χ4v) is 3.37. The number of piperidine rings is 1. The molecule has 1 heteroatoms. The molecule has 1 rings (SSSR count). The van der Waals surface area contributed by atoms with E-state index in [9.17, 15) is 0 Å². The van der Waals surface area contributed by atoms with Crippen LogP contribution in [0.2, 0.25) is 0 Å². The average molecular weight is 239 g/mol. The highest BCUT2D eigenvalue weighted by molar-refractivity contribution is 4.87. The van der Waals surface area contributed by atoms with Gasteiger partial charge in [0.25, 0.3) is 0 Å². The second-order valence-corrected chi connectivity index (χ2v) is 6.49. The maximum atomic E-state index is 2.79. The highest BCUT2D eigenvalue weighted by atomic mass is 15.2. The summed E-state index contributed by atoms with van der Waals surface area (Å²) in [5.74, 6) is 0. The van der Waals surface area contributed by atoms with Crippen LogP contribution in [-0.4, -0.2) is 24.0 Å². The Balaban J connectivity index is 2.61. The summed E-state index contributed by atoms with van der Waals surface area (Å²) in [5.41, 5.74) is 0.503. The van der Waals surface area contributed by atoms with Crippen molar-refractivity contribution >= 4 is 0 Å². The fraction of sp³-hybridized carbons (Fsp3) is 1.00. The second-order valence-electron chi connectivity index (χ2n) is 6.49. The Hall–Kier alpha value is -0.0400. The lowest BCUT2D eigenvalue weighted by atomic mass is 9.76. The van der Waals surface area contributed by atoms with Crippen molar-refractivity contribution in [3.05, 3.63) is 0 Å². The normalized spacial score (nSPS) is 20.5. The molecule has 102 valence electrons. The van der Waals surface area contributed by atoms with Gasteiger partial charge in [0, 0.05) is 6.04 Å². The smallest absolute Gasteiger partial charge is 0.0146 e. The molecular weight excluding hydrogens is 206 g/mol. The van der Waals surface area contributed by atoms with Gasteiger partial charge < -0.3 is 0 Å². The number of likely N-dealkylation sites (tertiary alicyclic amines) is 1. The van der Waals surface area contributed by atoms with Crippen LogP contribution < -0.4 is 0 Å². The molecule has 1 heterocycles. The van der Waals surface area contributed by atoms with E-state index >= 15 is 0 Å². The zero-order valence-electron chi connectivity index (χ0n) is 12.6. The van der Waals surface area contributed by atoms with Crippen LogP contribution in [0.5, 0.6) is 0 Å². The van der Waals surface area contributed by atoms with Crippen molar-refractivity contribution in [3.63, 3.8) is 0 Å². The number of rotatable bonds is 7. The molecule has 0 aromatic carbocycles. The maximum Gasteiger partial charge on any atom is 0.0146 e. The zero-order valence-corrected chi connectivity index (χ0v) is 12.6. The third kappa shape index (κ3) is 4.62. The third-order valence-corrected chi connectivity index (χ3v) is 4.47. The third-order valence-electron chi connectivity index (χ3n) is 4.47. The summed E-state index contributed by atoms with van der Waals surface area (Å²) in [4.78, 5) is 2.79. The highest BCUT2D eigenvalue weighted by Crippen LogP contribution is 2.35. The van der Waals surface area contributed by atoms with Gasteiger partial charge in [0.15, 0.2) is 0 Å². The predicted octanol–water partition coefficient (Wildman–Crippen LogP) is 4.86. The Kier molecular flexibility index (Phi) is 6.54. The SMILES string of the molecule is CCCCC(C)(C)C(CCC)N1CCCCC1. The lowest BCUT2D eigenvalue weighted by Crippen LogP contribution is -2.47. The van der Waals surface area contributed by atoms with Gasteiger partial charge in [0.1, 0.15) is 0 Å². The van der Waals surface area contributed by atoms with Gasteiger partial charge in [0.05, 0.1) is 0 Å². The van der Waals surface area contributed by atoms with Crippen LogP contribution in [0, 0.1) is 5.41 Å². The molecule has 1 atom stereocenters. The lowest BCUT2D eigenvalue weighted by molar-refractivity contribution is 0.0555. The molecule has 0 spiro atoms. The molecular formula is C16H33N. The van der Waals surface area contributed by atoms with Crippen LogP contribution in [0.25, 0.3) is 0 Å². The molecule has 1 aliphatic heterocycles. The molecule has 1 fully saturated rings. The van der Waals surface area contributed by atoms with Crippen LogP contribution in [0.4, 0.5) is 0 Å². The fourth-order valence-electron chi connectivity index (χ4n) is 3.37. The summed E-state index contributed by atoms with van der Waals surface area (Å²) in [6.45, 7) is 12.3. The van der Waals surface area contributed by atoms with Gasteiger partial charge in [-0.1, -0.05) is 53.4 Å². The molecule has 1 saturated heterocycles. The zero-order chi connectivity index (χ0) is 12.7. The summed E-state index contributed by atoms with van der Waals surface area (Å²) in [6, 6.07) is 0.819. The molecule has 0 aromatic rings. The molecule has 0 amide bonds. The standard InChI is InChI=1S/C16H33N/c1-5-7-12-16(3,4)15(11-6-2)17-13-9-8-10-14-17/h15H,5-14H2,1-4H3. The molecule has 0 aromatic heterocycles. The topological polar surface area (TPSA) is 3.24 Å². The first-order valence-electron chi connectivity index (χ1n) is 7.86. The first-order chi connectivity index (χ1) is 8.11. The van der Waals surface area contributed by atoms with Crippen molar-refractivity contribution in [1.29, 1.82) is 0 Å². The average Bonchev–Trinajstić information content (AvgIpc) is 2.34. The summed E-state index contributed by atoms with van der Waals surface area (Å²) < 4.78 is 0. The molecule has 17 heavy (non-hydrogen) atoms. The van der Waals surface area contributed by atoms with Gasteiger partial charge in [-0.25, -0.2) is 0 Å². The van der Waals surface area contributed by atoms with Crippen molar-refractivity contribution in [2.75, 3.05) is 13.1 Å². The van der Waals surface area contributed by atoms with E-state index in [0.717, 1.165) is 6.04 Å². The van der Waals surface area contributed by atoms with Crippen molar-refractivity contribution in [1.82, 2.24) is 4.90 Å². The van der Waals surface area contributed by atoms with E-state index in [-0.39, 0.29) is 0 Å². The molecule has 0 N–H and O–H groups in total. The van der Waals surface area contributed by atoms with Gasteiger partial charge in [-0.05, 0) is 44.2 Å². The van der Waals surface area contributed by atoms with Crippen LogP contribution >= 0.6 is 0 Å².